The van der Waals surface area contributed by atoms with E-state index in [1.807, 2.05) is 12.1 Å². The van der Waals surface area contributed by atoms with Gasteiger partial charge in [-0.25, -0.2) is 0 Å². The van der Waals surface area contributed by atoms with Gasteiger partial charge in [-0.1, -0.05) is 51.1 Å². The quantitative estimate of drug-likeness (QED) is 0.510. The van der Waals surface area contributed by atoms with Gasteiger partial charge >= 0.3 is 0 Å². The number of hydrogen-bond acceptors (Lipinski definition) is 3. The van der Waals surface area contributed by atoms with Crippen LogP contribution in [0.15, 0.2) is 60.7 Å². The van der Waals surface area contributed by atoms with Gasteiger partial charge in [0.25, 0.3) is 0 Å². The Hall–Kier alpha value is -2.94. The molecular formula is C25H28N2O. The van der Waals surface area contributed by atoms with Crippen LogP contribution in [0.2, 0.25) is 0 Å². The topological polar surface area (TPSA) is 15.7 Å². The third-order valence-electron chi connectivity index (χ3n) is 5.68. The highest BCUT2D eigenvalue weighted by molar-refractivity contribution is 5.95. The van der Waals surface area contributed by atoms with Crippen molar-refractivity contribution in [1.82, 2.24) is 0 Å². The van der Waals surface area contributed by atoms with E-state index in [1.54, 1.807) is 7.11 Å². The average molecular weight is 373 g/mol. The Morgan fingerprint density at radius 1 is 0.714 bits per heavy atom. The number of rotatable bonds is 2. The standard InChI is InChI=1S/C25H28N2O/c1-25(2,3)18-12-14-21-23(16-18)27(5)20-13-11-17(15-22(20)26(21)4)19-9-7-8-10-24(19)28-6/h7-16H,1-6H3. The van der Waals surface area contributed by atoms with Crippen molar-refractivity contribution in [3.63, 3.8) is 0 Å². The van der Waals surface area contributed by atoms with Crippen molar-refractivity contribution in [1.29, 1.82) is 0 Å². The number of anilines is 4. The van der Waals surface area contributed by atoms with Gasteiger partial charge in [-0.15, -0.1) is 0 Å². The summed E-state index contributed by atoms with van der Waals surface area (Å²) in [7, 11) is 6.02. The van der Waals surface area contributed by atoms with Gasteiger partial charge in [0.05, 0.1) is 29.9 Å². The van der Waals surface area contributed by atoms with E-state index in [9.17, 15) is 0 Å². The van der Waals surface area contributed by atoms with Gasteiger partial charge in [0.15, 0.2) is 0 Å². The summed E-state index contributed by atoms with van der Waals surface area (Å²) in [4.78, 5) is 4.59. The fourth-order valence-electron chi connectivity index (χ4n) is 3.93. The van der Waals surface area contributed by atoms with Crippen LogP contribution in [0.25, 0.3) is 11.1 Å². The van der Waals surface area contributed by atoms with Gasteiger partial charge in [0, 0.05) is 19.7 Å². The number of fused-ring (bicyclic) bond motifs is 2. The van der Waals surface area contributed by atoms with Crippen LogP contribution < -0.4 is 14.5 Å². The molecule has 0 aromatic heterocycles. The molecule has 0 bridgehead atoms. The first kappa shape index (κ1) is 18.4. The predicted molar refractivity (Wildman–Crippen MR) is 120 cm³/mol. The minimum Gasteiger partial charge on any atom is -0.496 e. The molecule has 0 unspecified atom stereocenters. The Bertz CT molecular complexity index is 1030. The third-order valence-corrected chi connectivity index (χ3v) is 5.68. The molecule has 0 radical (unpaired) electrons. The predicted octanol–water partition coefficient (Wildman–Crippen LogP) is 6.51. The summed E-state index contributed by atoms with van der Waals surface area (Å²) in [6.45, 7) is 6.78. The van der Waals surface area contributed by atoms with E-state index in [0.717, 1.165) is 16.9 Å². The first-order valence-corrected chi connectivity index (χ1v) is 9.70. The number of ether oxygens (including phenoxy) is 1. The smallest absolute Gasteiger partial charge is 0.126 e. The minimum atomic E-state index is 0.127. The molecule has 0 amide bonds. The number of methoxy groups -OCH3 is 1. The zero-order valence-corrected chi connectivity index (χ0v) is 17.6. The lowest BCUT2D eigenvalue weighted by Gasteiger charge is -2.38. The molecular weight excluding hydrogens is 344 g/mol. The summed E-state index contributed by atoms with van der Waals surface area (Å²) in [5, 5.41) is 0. The summed E-state index contributed by atoms with van der Waals surface area (Å²) < 4.78 is 5.57. The summed E-state index contributed by atoms with van der Waals surface area (Å²) in [6, 6.07) is 21.6. The molecule has 28 heavy (non-hydrogen) atoms. The minimum absolute atomic E-state index is 0.127. The molecule has 4 rings (SSSR count). The maximum absolute atomic E-state index is 5.57. The van der Waals surface area contributed by atoms with E-state index in [1.165, 1.54) is 28.3 Å². The first-order valence-electron chi connectivity index (χ1n) is 9.70. The second-order valence-electron chi connectivity index (χ2n) is 8.48. The molecule has 1 heterocycles. The molecule has 3 aromatic carbocycles. The number of nitrogens with zero attached hydrogens (tertiary/aromatic N) is 2. The molecule has 0 saturated heterocycles. The Morgan fingerprint density at radius 2 is 1.32 bits per heavy atom. The van der Waals surface area contributed by atoms with Crippen molar-refractivity contribution < 1.29 is 4.74 Å². The molecule has 1 aliphatic heterocycles. The van der Waals surface area contributed by atoms with E-state index < -0.39 is 0 Å². The van der Waals surface area contributed by atoms with Gasteiger partial charge in [-0.05, 0) is 46.9 Å². The van der Waals surface area contributed by atoms with Crippen molar-refractivity contribution in [2.75, 3.05) is 31.0 Å². The van der Waals surface area contributed by atoms with Gasteiger partial charge in [-0.2, -0.15) is 0 Å². The SMILES string of the molecule is COc1ccccc1-c1ccc2c(c1)N(C)c1ccc(C(C)(C)C)cc1N2C. The van der Waals surface area contributed by atoms with E-state index in [-0.39, 0.29) is 5.41 Å². The van der Waals surface area contributed by atoms with Gasteiger partial charge in [0.1, 0.15) is 5.75 Å². The molecule has 0 atom stereocenters. The van der Waals surface area contributed by atoms with E-state index in [0.29, 0.717) is 0 Å². The molecule has 0 spiro atoms. The van der Waals surface area contributed by atoms with Crippen molar-refractivity contribution >= 4 is 22.7 Å². The monoisotopic (exact) mass is 372 g/mol. The number of benzene rings is 3. The van der Waals surface area contributed by atoms with Crippen molar-refractivity contribution in [2.24, 2.45) is 0 Å². The number of hydrogen-bond donors (Lipinski definition) is 0. The Kier molecular flexibility index (Phi) is 4.34. The molecule has 3 heteroatoms. The molecule has 0 aliphatic carbocycles. The van der Waals surface area contributed by atoms with Crippen LogP contribution in [-0.2, 0) is 5.41 Å². The van der Waals surface area contributed by atoms with E-state index in [2.05, 4.69) is 93.2 Å². The van der Waals surface area contributed by atoms with Crippen LogP contribution in [0, 0.1) is 0 Å². The van der Waals surface area contributed by atoms with Crippen LogP contribution in [0.3, 0.4) is 0 Å². The highest BCUT2D eigenvalue weighted by Gasteiger charge is 2.26. The summed E-state index contributed by atoms with van der Waals surface area (Å²) in [5.74, 6) is 0.893. The second kappa shape index (κ2) is 6.59. The van der Waals surface area contributed by atoms with E-state index >= 15 is 0 Å². The Balaban J connectivity index is 1.83. The summed E-state index contributed by atoms with van der Waals surface area (Å²) in [5.41, 5.74) is 8.61. The fourth-order valence-corrected chi connectivity index (χ4v) is 3.93. The number of para-hydroxylation sites is 1. The molecule has 144 valence electrons. The zero-order chi connectivity index (χ0) is 20.1. The second-order valence-corrected chi connectivity index (χ2v) is 8.48. The molecule has 3 aromatic rings. The largest absolute Gasteiger partial charge is 0.496 e. The van der Waals surface area contributed by atoms with Crippen LogP contribution >= 0.6 is 0 Å². The third kappa shape index (κ3) is 2.91. The highest BCUT2D eigenvalue weighted by Crippen LogP contribution is 2.49. The lowest BCUT2D eigenvalue weighted by Crippen LogP contribution is -2.25. The van der Waals surface area contributed by atoms with Crippen LogP contribution in [-0.4, -0.2) is 21.2 Å². The van der Waals surface area contributed by atoms with Crippen molar-refractivity contribution in [3.05, 3.63) is 66.2 Å². The molecule has 1 aliphatic rings. The average Bonchev–Trinajstić information content (AvgIpc) is 2.70. The molecule has 0 saturated carbocycles. The van der Waals surface area contributed by atoms with Crippen molar-refractivity contribution in [3.8, 4) is 16.9 Å². The van der Waals surface area contributed by atoms with Gasteiger partial charge < -0.3 is 14.5 Å². The molecule has 0 N–H and O–H groups in total. The Morgan fingerprint density at radius 3 is 1.96 bits per heavy atom. The first-order chi connectivity index (χ1) is 13.3. The molecule has 0 fully saturated rings. The maximum Gasteiger partial charge on any atom is 0.126 e. The fraction of sp³-hybridized carbons (Fsp3) is 0.280. The molecule has 3 nitrogen and oxygen atoms in total. The van der Waals surface area contributed by atoms with Crippen LogP contribution in [0.1, 0.15) is 26.3 Å². The van der Waals surface area contributed by atoms with Crippen LogP contribution in [0.5, 0.6) is 5.75 Å². The van der Waals surface area contributed by atoms with Gasteiger partial charge in [0.2, 0.25) is 0 Å². The lowest BCUT2D eigenvalue weighted by atomic mass is 9.86. The van der Waals surface area contributed by atoms with E-state index in [4.69, 9.17) is 4.74 Å². The lowest BCUT2D eigenvalue weighted by molar-refractivity contribution is 0.416. The van der Waals surface area contributed by atoms with Crippen molar-refractivity contribution in [2.45, 2.75) is 26.2 Å². The maximum atomic E-state index is 5.57. The Labute approximate surface area is 168 Å². The van der Waals surface area contributed by atoms with Gasteiger partial charge in [-0.3, -0.25) is 0 Å². The normalized spacial score (nSPS) is 13.2. The summed E-state index contributed by atoms with van der Waals surface area (Å²) >= 11 is 0. The summed E-state index contributed by atoms with van der Waals surface area (Å²) in [6.07, 6.45) is 0. The zero-order valence-electron chi connectivity index (χ0n) is 17.6. The highest BCUT2D eigenvalue weighted by atomic mass is 16.5. The van der Waals surface area contributed by atoms with Crippen LogP contribution in [0.4, 0.5) is 22.7 Å².